The molecule has 0 aliphatic carbocycles. The third-order valence-electron chi connectivity index (χ3n) is 4.42. The molecule has 128 valence electrons. The maximum Gasteiger partial charge on any atom is 0.243 e. The molecule has 1 aromatic rings. The Morgan fingerprint density at radius 3 is 2.57 bits per heavy atom. The SMILES string of the molecule is COCCC1COC2(C1)CN(S(=O)(=O)c1cc(F)cc(F)c1)C2. The minimum Gasteiger partial charge on any atom is -0.385 e. The van der Waals surface area contributed by atoms with Crippen LogP contribution in [-0.4, -0.2) is 51.7 Å². The molecule has 0 bridgehead atoms. The Bertz CT molecular complexity index is 668. The molecule has 0 aromatic heterocycles. The molecule has 2 heterocycles. The van der Waals surface area contributed by atoms with Crippen molar-refractivity contribution >= 4 is 10.0 Å². The average molecular weight is 347 g/mol. The van der Waals surface area contributed by atoms with Gasteiger partial charge in [-0.05, 0) is 30.9 Å². The van der Waals surface area contributed by atoms with Crippen molar-refractivity contribution < 1.29 is 26.7 Å². The quantitative estimate of drug-likeness (QED) is 0.815. The topological polar surface area (TPSA) is 55.8 Å². The number of nitrogens with zero attached hydrogens (tertiary/aromatic N) is 1. The lowest BCUT2D eigenvalue weighted by molar-refractivity contribution is -0.0773. The predicted molar refractivity (Wildman–Crippen MR) is 78.4 cm³/mol. The van der Waals surface area contributed by atoms with Gasteiger partial charge in [0.15, 0.2) is 0 Å². The van der Waals surface area contributed by atoms with E-state index in [4.69, 9.17) is 9.47 Å². The number of ether oxygens (including phenoxy) is 2. The van der Waals surface area contributed by atoms with Crippen molar-refractivity contribution in [3.05, 3.63) is 29.8 Å². The normalized spacial score (nSPS) is 24.0. The van der Waals surface area contributed by atoms with E-state index in [-0.39, 0.29) is 18.0 Å². The van der Waals surface area contributed by atoms with Crippen molar-refractivity contribution in [3.8, 4) is 0 Å². The Hall–Kier alpha value is -1.09. The Labute approximate surface area is 134 Å². The zero-order valence-corrected chi connectivity index (χ0v) is 13.6. The smallest absolute Gasteiger partial charge is 0.243 e. The number of sulfonamides is 1. The van der Waals surface area contributed by atoms with Gasteiger partial charge in [0.2, 0.25) is 10.0 Å². The molecule has 1 spiro atoms. The fraction of sp³-hybridized carbons (Fsp3) is 0.600. The van der Waals surface area contributed by atoms with E-state index in [0.29, 0.717) is 25.2 Å². The Morgan fingerprint density at radius 2 is 1.96 bits per heavy atom. The van der Waals surface area contributed by atoms with E-state index < -0.39 is 27.3 Å². The second-order valence-corrected chi connectivity index (χ2v) is 8.16. The van der Waals surface area contributed by atoms with E-state index in [1.165, 1.54) is 4.31 Å². The molecule has 3 rings (SSSR count). The first-order valence-electron chi connectivity index (χ1n) is 7.44. The molecular weight excluding hydrogens is 328 g/mol. The summed E-state index contributed by atoms with van der Waals surface area (Å²) in [6.45, 7) is 1.68. The lowest BCUT2D eigenvalue weighted by atomic mass is 9.88. The van der Waals surface area contributed by atoms with Crippen LogP contribution in [0.4, 0.5) is 8.78 Å². The summed E-state index contributed by atoms with van der Waals surface area (Å²) in [6, 6.07) is 2.32. The number of halogens is 2. The molecule has 0 N–H and O–H groups in total. The van der Waals surface area contributed by atoms with E-state index in [2.05, 4.69) is 0 Å². The molecule has 23 heavy (non-hydrogen) atoms. The molecule has 5 nitrogen and oxygen atoms in total. The Balaban J connectivity index is 1.67. The van der Waals surface area contributed by atoms with Gasteiger partial charge in [-0.1, -0.05) is 0 Å². The van der Waals surface area contributed by atoms with Gasteiger partial charge in [-0.25, -0.2) is 17.2 Å². The number of hydrogen-bond donors (Lipinski definition) is 0. The average Bonchev–Trinajstić information content (AvgIpc) is 2.87. The number of methoxy groups -OCH3 is 1. The van der Waals surface area contributed by atoms with Gasteiger partial charge in [0.1, 0.15) is 11.6 Å². The van der Waals surface area contributed by atoms with Crippen molar-refractivity contribution in [2.75, 3.05) is 33.4 Å². The van der Waals surface area contributed by atoms with Crippen LogP contribution in [0.5, 0.6) is 0 Å². The summed E-state index contributed by atoms with van der Waals surface area (Å²) in [6.07, 6.45) is 1.65. The molecule has 2 saturated heterocycles. The van der Waals surface area contributed by atoms with Crippen molar-refractivity contribution in [1.29, 1.82) is 0 Å². The summed E-state index contributed by atoms with van der Waals surface area (Å²) in [5, 5.41) is 0. The van der Waals surface area contributed by atoms with Gasteiger partial charge in [-0.3, -0.25) is 0 Å². The van der Waals surface area contributed by atoms with Crippen LogP contribution in [-0.2, 0) is 19.5 Å². The minimum absolute atomic E-state index is 0.219. The highest BCUT2D eigenvalue weighted by atomic mass is 32.2. The van der Waals surface area contributed by atoms with E-state index in [1.807, 2.05) is 0 Å². The third kappa shape index (κ3) is 3.26. The van der Waals surface area contributed by atoms with Gasteiger partial charge < -0.3 is 9.47 Å². The summed E-state index contributed by atoms with van der Waals surface area (Å²) >= 11 is 0. The largest absolute Gasteiger partial charge is 0.385 e. The highest BCUT2D eigenvalue weighted by Crippen LogP contribution is 2.41. The second kappa shape index (κ2) is 6.08. The first-order valence-corrected chi connectivity index (χ1v) is 8.88. The summed E-state index contributed by atoms with van der Waals surface area (Å²) in [5.74, 6) is -1.46. The predicted octanol–water partition coefficient (Wildman–Crippen LogP) is 1.78. The zero-order chi connectivity index (χ0) is 16.7. The van der Waals surface area contributed by atoms with E-state index in [1.54, 1.807) is 7.11 Å². The molecule has 1 aromatic carbocycles. The van der Waals surface area contributed by atoms with Gasteiger partial charge in [-0.15, -0.1) is 0 Å². The molecule has 1 unspecified atom stereocenters. The van der Waals surface area contributed by atoms with Crippen molar-refractivity contribution in [1.82, 2.24) is 4.31 Å². The fourth-order valence-electron chi connectivity index (χ4n) is 3.22. The van der Waals surface area contributed by atoms with Gasteiger partial charge in [-0.2, -0.15) is 4.31 Å². The summed E-state index contributed by atoms with van der Waals surface area (Å²) < 4.78 is 63.4. The highest BCUT2D eigenvalue weighted by Gasteiger charge is 2.53. The molecular formula is C15H19F2NO4S. The fourth-order valence-corrected chi connectivity index (χ4v) is 4.85. The van der Waals surface area contributed by atoms with Crippen molar-refractivity contribution in [3.63, 3.8) is 0 Å². The number of benzene rings is 1. The van der Waals surface area contributed by atoms with Crippen LogP contribution in [0.15, 0.2) is 23.1 Å². The molecule has 2 aliphatic rings. The molecule has 0 saturated carbocycles. The second-order valence-electron chi connectivity index (χ2n) is 6.22. The van der Waals surface area contributed by atoms with E-state index >= 15 is 0 Å². The van der Waals surface area contributed by atoms with E-state index in [9.17, 15) is 17.2 Å². The van der Waals surface area contributed by atoms with Crippen molar-refractivity contribution in [2.24, 2.45) is 5.92 Å². The van der Waals surface area contributed by atoms with Crippen LogP contribution in [0.1, 0.15) is 12.8 Å². The maximum absolute atomic E-state index is 13.2. The van der Waals surface area contributed by atoms with Crippen LogP contribution >= 0.6 is 0 Å². The molecule has 2 aliphatic heterocycles. The van der Waals surface area contributed by atoms with E-state index in [0.717, 1.165) is 25.0 Å². The molecule has 0 amide bonds. The maximum atomic E-state index is 13.2. The summed E-state index contributed by atoms with van der Waals surface area (Å²) in [4.78, 5) is -0.362. The van der Waals surface area contributed by atoms with Gasteiger partial charge in [0.05, 0.1) is 17.1 Å². The first kappa shape index (κ1) is 16.8. The number of hydrogen-bond acceptors (Lipinski definition) is 4. The molecule has 8 heteroatoms. The Kier molecular flexibility index (Phi) is 4.43. The molecule has 0 radical (unpaired) electrons. The molecule has 1 atom stereocenters. The summed E-state index contributed by atoms with van der Waals surface area (Å²) in [5.41, 5.74) is -0.461. The van der Waals surface area contributed by atoms with Gasteiger partial charge in [0, 0.05) is 32.9 Å². The standard InChI is InChI=1S/C15H19F2NO4S/c1-21-3-2-11-7-15(22-8-11)9-18(10-15)23(19,20)14-5-12(16)4-13(17)6-14/h4-6,11H,2-3,7-10H2,1H3. The lowest BCUT2D eigenvalue weighted by Crippen LogP contribution is -2.63. The monoisotopic (exact) mass is 347 g/mol. The van der Waals surface area contributed by atoms with Gasteiger partial charge in [0.25, 0.3) is 0 Å². The first-order chi connectivity index (χ1) is 10.8. The minimum atomic E-state index is -3.90. The van der Waals surface area contributed by atoms with Crippen LogP contribution in [0.2, 0.25) is 0 Å². The van der Waals surface area contributed by atoms with Crippen LogP contribution in [0.25, 0.3) is 0 Å². The summed E-state index contributed by atoms with van der Waals surface area (Å²) in [7, 11) is -2.26. The van der Waals surface area contributed by atoms with Crippen LogP contribution in [0.3, 0.4) is 0 Å². The van der Waals surface area contributed by atoms with Crippen LogP contribution in [0, 0.1) is 17.6 Å². The lowest BCUT2D eigenvalue weighted by Gasteiger charge is -2.46. The van der Waals surface area contributed by atoms with Crippen molar-refractivity contribution in [2.45, 2.75) is 23.3 Å². The van der Waals surface area contributed by atoms with Gasteiger partial charge >= 0.3 is 0 Å². The zero-order valence-electron chi connectivity index (χ0n) is 12.8. The molecule has 2 fully saturated rings. The Morgan fingerprint density at radius 1 is 1.30 bits per heavy atom. The van der Waals surface area contributed by atoms with Crippen LogP contribution < -0.4 is 0 Å². The third-order valence-corrected chi connectivity index (χ3v) is 6.19. The number of rotatable bonds is 5. The highest BCUT2D eigenvalue weighted by molar-refractivity contribution is 7.89.